The number of rotatable bonds is 3. The third-order valence-electron chi connectivity index (χ3n) is 3.14. The van der Waals surface area contributed by atoms with Gasteiger partial charge in [-0.1, -0.05) is 12.1 Å². The van der Waals surface area contributed by atoms with Gasteiger partial charge in [-0.25, -0.2) is 8.42 Å². The molecule has 2 rings (SSSR count). The van der Waals surface area contributed by atoms with E-state index >= 15 is 0 Å². The van der Waals surface area contributed by atoms with Crippen molar-refractivity contribution in [3.05, 3.63) is 29.8 Å². The lowest BCUT2D eigenvalue weighted by atomic mass is 10.0. The average Bonchev–Trinajstić information content (AvgIpc) is 2.71. The zero-order chi connectivity index (χ0) is 13.3. The summed E-state index contributed by atoms with van der Waals surface area (Å²) in [5, 5.41) is 9.68. The highest BCUT2D eigenvalue weighted by Crippen LogP contribution is 2.35. The Balaban J connectivity index is 2.35. The van der Waals surface area contributed by atoms with Crippen LogP contribution in [0.4, 0.5) is 0 Å². The first-order valence-corrected chi connectivity index (χ1v) is 7.55. The minimum atomic E-state index is -3.32. The van der Waals surface area contributed by atoms with Crippen LogP contribution in [0, 0.1) is 0 Å². The molecule has 1 aromatic carbocycles. The van der Waals surface area contributed by atoms with E-state index in [9.17, 15) is 13.5 Å². The normalized spacial score (nSPS) is 25.3. The van der Waals surface area contributed by atoms with Crippen molar-refractivity contribution in [3.63, 3.8) is 0 Å². The van der Waals surface area contributed by atoms with Gasteiger partial charge in [-0.2, -0.15) is 4.31 Å². The molecule has 0 aliphatic carbocycles. The van der Waals surface area contributed by atoms with Gasteiger partial charge in [0.15, 0.2) is 0 Å². The molecule has 0 amide bonds. The van der Waals surface area contributed by atoms with E-state index in [0.29, 0.717) is 12.2 Å². The summed E-state index contributed by atoms with van der Waals surface area (Å²) >= 11 is 0. The summed E-state index contributed by atoms with van der Waals surface area (Å²) in [6.45, 7) is 0.153. The molecule has 1 saturated heterocycles. The third-order valence-corrected chi connectivity index (χ3v) is 4.39. The van der Waals surface area contributed by atoms with Crippen LogP contribution in [0.2, 0.25) is 0 Å². The van der Waals surface area contributed by atoms with Gasteiger partial charge in [-0.05, 0) is 24.1 Å². The Hall–Kier alpha value is -1.11. The maximum absolute atomic E-state index is 11.7. The average molecular weight is 271 g/mol. The van der Waals surface area contributed by atoms with Crippen molar-refractivity contribution in [2.24, 2.45) is 0 Å². The molecule has 1 N–H and O–H groups in total. The van der Waals surface area contributed by atoms with Crippen molar-refractivity contribution in [3.8, 4) is 5.75 Å². The Kier molecular flexibility index (Phi) is 3.61. The maximum atomic E-state index is 11.7. The minimum absolute atomic E-state index is 0.153. The summed E-state index contributed by atoms with van der Waals surface area (Å²) in [6, 6.07) is 6.97. The van der Waals surface area contributed by atoms with Gasteiger partial charge in [0.25, 0.3) is 0 Å². The lowest BCUT2D eigenvalue weighted by molar-refractivity contribution is 0.188. The monoisotopic (exact) mass is 271 g/mol. The molecule has 1 fully saturated rings. The standard InChI is InChI=1S/C12H17NO4S/c1-17-11-5-3-4-9(6-11)12-7-10(14)8-13(12)18(2,15)16/h3-6,10,12,14H,7-8H2,1-2H3/t10-,12+/m0/s1. The van der Waals surface area contributed by atoms with E-state index in [-0.39, 0.29) is 12.6 Å². The molecule has 18 heavy (non-hydrogen) atoms. The number of β-amino-alcohol motifs (C(OH)–C–C–N with tert-alkyl or cyclic N) is 1. The SMILES string of the molecule is COc1cccc([C@H]2C[C@H](O)CN2S(C)(=O)=O)c1. The zero-order valence-corrected chi connectivity index (χ0v) is 11.2. The van der Waals surface area contributed by atoms with E-state index in [0.717, 1.165) is 11.8 Å². The van der Waals surface area contributed by atoms with Crippen LogP contribution < -0.4 is 4.74 Å². The number of hydrogen-bond acceptors (Lipinski definition) is 4. The van der Waals surface area contributed by atoms with Crippen molar-refractivity contribution in [2.45, 2.75) is 18.6 Å². The molecule has 1 aliphatic heterocycles. The molecule has 5 nitrogen and oxygen atoms in total. The van der Waals surface area contributed by atoms with Crippen molar-refractivity contribution in [2.75, 3.05) is 19.9 Å². The second kappa shape index (κ2) is 4.87. The number of ether oxygens (including phenoxy) is 1. The topological polar surface area (TPSA) is 66.8 Å². The van der Waals surface area contributed by atoms with Crippen molar-refractivity contribution in [1.29, 1.82) is 0 Å². The fraction of sp³-hybridized carbons (Fsp3) is 0.500. The first-order valence-electron chi connectivity index (χ1n) is 5.70. The number of sulfonamides is 1. The van der Waals surface area contributed by atoms with Gasteiger partial charge >= 0.3 is 0 Å². The molecule has 1 heterocycles. The summed E-state index contributed by atoms with van der Waals surface area (Å²) in [7, 11) is -1.75. The van der Waals surface area contributed by atoms with Crippen LogP contribution >= 0.6 is 0 Å². The van der Waals surface area contributed by atoms with Crippen LogP contribution in [0.1, 0.15) is 18.0 Å². The summed E-state index contributed by atoms with van der Waals surface area (Å²) in [5.41, 5.74) is 0.844. The molecular formula is C12H17NO4S. The predicted octanol–water partition coefficient (Wildman–Crippen LogP) is 0.763. The quantitative estimate of drug-likeness (QED) is 0.881. The molecule has 1 aromatic rings. The lowest BCUT2D eigenvalue weighted by Crippen LogP contribution is -2.30. The van der Waals surface area contributed by atoms with E-state index in [1.165, 1.54) is 4.31 Å². The highest BCUT2D eigenvalue weighted by molar-refractivity contribution is 7.88. The number of benzene rings is 1. The predicted molar refractivity (Wildman–Crippen MR) is 67.9 cm³/mol. The largest absolute Gasteiger partial charge is 0.497 e. The summed E-state index contributed by atoms with van der Waals surface area (Å²) < 4.78 is 29.9. The Bertz CT molecular complexity index is 529. The molecule has 0 spiro atoms. The highest BCUT2D eigenvalue weighted by Gasteiger charge is 2.37. The van der Waals surface area contributed by atoms with E-state index in [1.807, 2.05) is 12.1 Å². The van der Waals surface area contributed by atoms with Crippen molar-refractivity contribution < 1.29 is 18.3 Å². The maximum Gasteiger partial charge on any atom is 0.211 e. The molecule has 100 valence electrons. The van der Waals surface area contributed by atoms with Gasteiger partial charge in [0.1, 0.15) is 5.75 Å². The minimum Gasteiger partial charge on any atom is -0.497 e. The number of aliphatic hydroxyl groups is 1. The Morgan fingerprint density at radius 2 is 2.17 bits per heavy atom. The van der Waals surface area contributed by atoms with Crippen LogP contribution in [-0.4, -0.2) is 43.8 Å². The second-order valence-corrected chi connectivity index (χ2v) is 6.45. The van der Waals surface area contributed by atoms with Crippen LogP contribution in [0.3, 0.4) is 0 Å². The van der Waals surface area contributed by atoms with Crippen molar-refractivity contribution in [1.82, 2.24) is 4.31 Å². The van der Waals surface area contributed by atoms with E-state index in [1.54, 1.807) is 19.2 Å². The van der Waals surface area contributed by atoms with Gasteiger partial charge in [-0.3, -0.25) is 0 Å². The van der Waals surface area contributed by atoms with Gasteiger partial charge in [0.05, 0.1) is 25.5 Å². The van der Waals surface area contributed by atoms with E-state index in [4.69, 9.17) is 4.74 Å². The van der Waals surface area contributed by atoms with E-state index < -0.39 is 16.1 Å². The van der Waals surface area contributed by atoms with Crippen molar-refractivity contribution >= 4 is 10.0 Å². The van der Waals surface area contributed by atoms with Crippen LogP contribution in [0.15, 0.2) is 24.3 Å². The lowest BCUT2D eigenvalue weighted by Gasteiger charge is -2.22. The summed E-state index contributed by atoms with van der Waals surface area (Å²) in [6.07, 6.45) is 0.967. The molecule has 6 heteroatoms. The van der Waals surface area contributed by atoms with E-state index in [2.05, 4.69) is 0 Å². The fourth-order valence-corrected chi connectivity index (χ4v) is 3.42. The number of nitrogens with zero attached hydrogens (tertiary/aromatic N) is 1. The molecule has 1 aliphatic rings. The molecule has 2 atom stereocenters. The number of aliphatic hydroxyl groups excluding tert-OH is 1. The molecule has 0 saturated carbocycles. The second-order valence-electron chi connectivity index (χ2n) is 4.51. The van der Waals surface area contributed by atoms with Crippen LogP contribution in [0.25, 0.3) is 0 Å². The van der Waals surface area contributed by atoms with Gasteiger partial charge in [-0.15, -0.1) is 0 Å². The molecule has 0 aromatic heterocycles. The summed E-state index contributed by atoms with van der Waals surface area (Å²) in [5.74, 6) is 0.683. The first kappa shape index (κ1) is 13.3. The molecule has 0 radical (unpaired) electrons. The number of hydrogen-bond donors (Lipinski definition) is 1. The fourth-order valence-electron chi connectivity index (χ4n) is 2.30. The Labute approximate surface area is 107 Å². The van der Waals surface area contributed by atoms with Gasteiger partial charge in [0.2, 0.25) is 10.0 Å². The summed E-state index contributed by atoms with van der Waals surface area (Å²) in [4.78, 5) is 0. The molecule has 0 unspecified atom stereocenters. The highest BCUT2D eigenvalue weighted by atomic mass is 32.2. The van der Waals surface area contributed by atoms with Gasteiger partial charge < -0.3 is 9.84 Å². The van der Waals surface area contributed by atoms with Crippen LogP contribution in [0.5, 0.6) is 5.75 Å². The smallest absolute Gasteiger partial charge is 0.211 e. The number of methoxy groups -OCH3 is 1. The Morgan fingerprint density at radius 1 is 1.44 bits per heavy atom. The van der Waals surface area contributed by atoms with Gasteiger partial charge in [0, 0.05) is 6.54 Å². The first-order chi connectivity index (χ1) is 8.41. The Morgan fingerprint density at radius 3 is 2.78 bits per heavy atom. The third kappa shape index (κ3) is 2.66. The zero-order valence-electron chi connectivity index (χ0n) is 10.4. The molecule has 0 bridgehead atoms. The van der Waals surface area contributed by atoms with Crippen LogP contribution in [-0.2, 0) is 10.0 Å². The molecular weight excluding hydrogens is 254 g/mol.